The second-order valence-corrected chi connectivity index (χ2v) is 5.96. The molecule has 1 aliphatic rings. The van der Waals surface area contributed by atoms with E-state index in [0.29, 0.717) is 12.1 Å². The molecule has 1 saturated carbocycles. The number of nitrogens with zero attached hydrogens (tertiary/aromatic N) is 1. The van der Waals surface area contributed by atoms with Gasteiger partial charge in [0.15, 0.2) is 0 Å². The van der Waals surface area contributed by atoms with Crippen molar-refractivity contribution in [2.45, 2.75) is 37.8 Å². The summed E-state index contributed by atoms with van der Waals surface area (Å²) in [5.74, 6) is 0.121. The van der Waals surface area contributed by atoms with Crippen molar-refractivity contribution in [2.24, 2.45) is 0 Å². The Morgan fingerprint density at radius 3 is 2.71 bits per heavy atom. The SMILES string of the molecule is CNC1CCC(N(C)C(=O)c2cccc3cc[nH]c23)CC1. The highest BCUT2D eigenvalue weighted by Crippen LogP contribution is 2.25. The zero-order chi connectivity index (χ0) is 14.8. The van der Waals surface area contributed by atoms with Gasteiger partial charge in [-0.3, -0.25) is 4.79 Å². The van der Waals surface area contributed by atoms with E-state index in [1.54, 1.807) is 0 Å². The van der Waals surface area contributed by atoms with Gasteiger partial charge in [-0.15, -0.1) is 0 Å². The van der Waals surface area contributed by atoms with Crippen LogP contribution in [0.5, 0.6) is 0 Å². The highest BCUT2D eigenvalue weighted by Gasteiger charge is 2.27. The average molecular weight is 285 g/mol. The third-order valence-electron chi connectivity index (χ3n) is 4.79. The maximum absolute atomic E-state index is 12.8. The van der Waals surface area contributed by atoms with Gasteiger partial charge in [-0.05, 0) is 44.9 Å². The Morgan fingerprint density at radius 1 is 1.24 bits per heavy atom. The van der Waals surface area contributed by atoms with E-state index in [2.05, 4.69) is 10.3 Å². The first-order valence-corrected chi connectivity index (χ1v) is 7.71. The number of hydrogen-bond donors (Lipinski definition) is 2. The van der Waals surface area contributed by atoms with Crippen LogP contribution < -0.4 is 5.32 Å². The number of carbonyl (C=O) groups is 1. The van der Waals surface area contributed by atoms with E-state index < -0.39 is 0 Å². The highest BCUT2D eigenvalue weighted by molar-refractivity contribution is 6.05. The maximum Gasteiger partial charge on any atom is 0.255 e. The number of nitrogens with one attached hydrogen (secondary N) is 2. The molecule has 1 amide bonds. The maximum atomic E-state index is 12.8. The second kappa shape index (κ2) is 5.90. The van der Waals surface area contributed by atoms with Crippen molar-refractivity contribution < 1.29 is 4.79 Å². The molecule has 112 valence electrons. The molecule has 0 saturated heterocycles. The Morgan fingerprint density at radius 2 is 2.00 bits per heavy atom. The van der Waals surface area contributed by atoms with E-state index in [-0.39, 0.29) is 5.91 Å². The van der Waals surface area contributed by atoms with Crippen molar-refractivity contribution >= 4 is 16.8 Å². The van der Waals surface area contributed by atoms with Crippen LogP contribution in [-0.4, -0.2) is 42.0 Å². The molecule has 1 aromatic carbocycles. The zero-order valence-electron chi connectivity index (χ0n) is 12.7. The van der Waals surface area contributed by atoms with Gasteiger partial charge in [0.25, 0.3) is 5.91 Å². The fourth-order valence-electron chi connectivity index (χ4n) is 3.37. The number of rotatable bonds is 3. The van der Waals surface area contributed by atoms with E-state index in [9.17, 15) is 4.79 Å². The van der Waals surface area contributed by atoms with Gasteiger partial charge in [-0.25, -0.2) is 0 Å². The Labute approximate surface area is 125 Å². The summed E-state index contributed by atoms with van der Waals surface area (Å²) < 4.78 is 0. The third kappa shape index (κ3) is 2.68. The number of aromatic amines is 1. The molecule has 0 unspecified atom stereocenters. The molecular weight excluding hydrogens is 262 g/mol. The first kappa shape index (κ1) is 14.1. The number of fused-ring (bicyclic) bond motifs is 1. The number of H-pyrrole nitrogens is 1. The van der Waals surface area contributed by atoms with Crippen molar-refractivity contribution in [3.8, 4) is 0 Å². The van der Waals surface area contributed by atoms with Crippen molar-refractivity contribution in [1.82, 2.24) is 15.2 Å². The fourth-order valence-corrected chi connectivity index (χ4v) is 3.37. The summed E-state index contributed by atoms with van der Waals surface area (Å²) >= 11 is 0. The average Bonchev–Trinajstić information content (AvgIpc) is 3.02. The van der Waals surface area contributed by atoms with Crippen LogP contribution in [0.2, 0.25) is 0 Å². The van der Waals surface area contributed by atoms with E-state index in [1.807, 2.05) is 49.5 Å². The standard InChI is InChI=1S/C17H23N3O/c1-18-13-6-8-14(9-7-13)20(2)17(21)15-5-3-4-12-10-11-19-16(12)15/h3-5,10-11,13-14,18-19H,6-9H2,1-2H3. The number of para-hydroxylation sites is 1. The summed E-state index contributed by atoms with van der Waals surface area (Å²) in [6.07, 6.45) is 6.33. The van der Waals surface area contributed by atoms with Gasteiger partial charge in [-0.2, -0.15) is 0 Å². The van der Waals surface area contributed by atoms with Crippen LogP contribution in [0.25, 0.3) is 10.9 Å². The number of aromatic nitrogens is 1. The molecule has 1 heterocycles. The molecule has 0 bridgehead atoms. The summed E-state index contributed by atoms with van der Waals surface area (Å²) in [4.78, 5) is 17.9. The lowest BCUT2D eigenvalue weighted by atomic mass is 9.90. The first-order chi connectivity index (χ1) is 10.2. The molecule has 21 heavy (non-hydrogen) atoms. The quantitative estimate of drug-likeness (QED) is 0.911. The lowest BCUT2D eigenvalue weighted by Gasteiger charge is -2.34. The molecule has 0 spiro atoms. The first-order valence-electron chi connectivity index (χ1n) is 7.71. The van der Waals surface area contributed by atoms with Gasteiger partial charge < -0.3 is 15.2 Å². The molecule has 1 aromatic heterocycles. The summed E-state index contributed by atoms with van der Waals surface area (Å²) in [6, 6.07) is 8.86. The molecular formula is C17H23N3O. The number of hydrogen-bond acceptors (Lipinski definition) is 2. The normalized spacial score (nSPS) is 22.4. The lowest BCUT2D eigenvalue weighted by molar-refractivity contribution is 0.0687. The van der Waals surface area contributed by atoms with E-state index in [0.717, 1.165) is 42.1 Å². The topological polar surface area (TPSA) is 48.1 Å². The molecule has 0 radical (unpaired) electrons. The van der Waals surface area contributed by atoms with Crippen molar-refractivity contribution in [3.05, 3.63) is 36.0 Å². The van der Waals surface area contributed by atoms with Crippen LogP contribution in [0.4, 0.5) is 0 Å². The number of amides is 1. The van der Waals surface area contributed by atoms with Crippen molar-refractivity contribution in [3.63, 3.8) is 0 Å². The predicted molar refractivity (Wildman–Crippen MR) is 85.5 cm³/mol. The molecule has 3 rings (SSSR count). The van der Waals surface area contributed by atoms with Gasteiger partial charge in [0.1, 0.15) is 0 Å². The smallest absolute Gasteiger partial charge is 0.255 e. The van der Waals surface area contributed by atoms with Gasteiger partial charge in [0, 0.05) is 30.7 Å². The summed E-state index contributed by atoms with van der Waals surface area (Å²) in [6.45, 7) is 0. The van der Waals surface area contributed by atoms with Crippen molar-refractivity contribution in [1.29, 1.82) is 0 Å². The molecule has 1 aliphatic carbocycles. The van der Waals surface area contributed by atoms with Crippen LogP contribution in [0.15, 0.2) is 30.5 Å². The third-order valence-corrected chi connectivity index (χ3v) is 4.79. The van der Waals surface area contributed by atoms with Gasteiger partial charge in [0.05, 0.1) is 11.1 Å². The van der Waals surface area contributed by atoms with Crippen LogP contribution in [-0.2, 0) is 0 Å². The molecule has 2 N–H and O–H groups in total. The van der Waals surface area contributed by atoms with Gasteiger partial charge >= 0.3 is 0 Å². The fraction of sp³-hybridized carbons (Fsp3) is 0.471. The zero-order valence-corrected chi connectivity index (χ0v) is 12.7. The molecule has 0 aliphatic heterocycles. The predicted octanol–water partition coefficient (Wildman–Crippen LogP) is 2.77. The highest BCUT2D eigenvalue weighted by atomic mass is 16.2. The van der Waals surface area contributed by atoms with E-state index in [4.69, 9.17) is 0 Å². The Kier molecular flexibility index (Phi) is 3.97. The summed E-state index contributed by atoms with van der Waals surface area (Å²) in [5.41, 5.74) is 1.72. The molecule has 4 nitrogen and oxygen atoms in total. The molecule has 4 heteroatoms. The lowest BCUT2D eigenvalue weighted by Crippen LogP contribution is -2.42. The minimum atomic E-state index is 0.121. The van der Waals surface area contributed by atoms with Crippen molar-refractivity contribution in [2.75, 3.05) is 14.1 Å². The Hall–Kier alpha value is -1.81. The van der Waals surface area contributed by atoms with Gasteiger partial charge in [0.2, 0.25) is 0 Å². The molecule has 1 fully saturated rings. The largest absolute Gasteiger partial charge is 0.361 e. The van der Waals surface area contributed by atoms with Crippen LogP contribution in [0.1, 0.15) is 36.0 Å². The minimum Gasteiger partial charge on any atom is -0.361 e. The molecule has 0 atom stereocenters. The Bertz CT molecular complexity index is 626. The van der Waals surface area contributed by atoms with Gasteiger partial charge in [-0.1, -0.05) is 12.1 Å². The van der Waals surface area contributed by atoms with E-state index >= 15 is 0 Å². The van der Waals surface area contributed by atoms with Crippen LogP contribution >= 0.6 is 0 Å². The monoisotopic (exact) mass is 285 g/mol. The minimum absolute atomic E-state index is 0.121. The number of benzene rings is 1. The molecule has 2 aromatic rings. The van der Waals surface area contributed by atoms with E-state index in [1.165, 1.54) is 0 Å². The summed E-state index contributed by atoms with van der Waals surface area (Å²) in [5, 5.41) is 4.43. The Balaban J connectivity index is 1.77. The van der Waals surface area contributed by atoms with Crippen LogP contribution in [0, 0.1) is 0 Å². The second-order valence-electron chi connectivity index (χ2n) is 5.96. The summed E-state index contributed by atoms with van der Waals surface area (Å²) in [7, 11) is 3.96. The number of carbonyl (C=O) groups excluding carboxylic acids is 1. The van der Waals surface area contributed by atoms with Crippen LogP contribution in [0.3, 0.4) is 0 Å².